The molecule has 0 atom stereocenters. The Bertz CT molecular complexity index is 1830. The van der Waals surface area contributed by atoms with E-state index in [1.165, 1.54) is 35.7 Å². The second-order valence-corrected chi connectivity index (χ2v) is 10.4. The Hall–Kier alpha value is -4.29. The van der Waals surface area contributed by atoms with Gasteiger partial charge < -0.3 is 4.42 Å². The monoisotopic (exact) mass is 543 g/mol. The van der Waals surface area contributed by atoms with Crippen molar-refractivity contribution in [3.05, 3.63) is 104 Å². The van der Waals surface area contributed by atoms with Crippen molar-refractivity contribution in [1.29, 1.82) is 0 Å². The lowest BCUT2D eigenvalue weighted by Gasteiger charge is -2.13. The van der Waals surface area contributed by atoms with Gasteiger partial charge in [-0.3, -0.25) is 14.9 Å². The van der Waals surface area contributed by atoms with Gasteiger partial charge in [0.25, 0.3) is 5.69 Å². The molecule has 1 aliphatic heterocycles. The number of nitrogens with zero attached hydrogens (tertiary/aromatic N) is 5. The summed E-state index contributed by atoms with van der Waals surface area (Å²) in [6, 6.07) is 18.8. The first-order valence-electron chi connectivity index (χ1n) is 11.4. The van der Waals surface area contributed by atoms with Crippen LogP contribution in [0.2, 0.25) is 0 Å². The number of nitro benzene ring substituents is 1. The lowest BCUT2D eigenvalue weighted by Crippen LogP contribution is -2.21. The van der Waals surface area contributed by atoms with Crippen LogP contribution in [0, 0.1) is 10.1 Å². The Kier molecular flexibility index (Phi) is 6.26. The highest BCUT2D eigenvalue weighted by Gasteiger charge is 2.23. The fourth-order valence-corrected chi connectivity index (χ4v) is 5.81. The molecule has 1 aliphatic rings. The fourth-order valence-electron chi connectivity index (χ4n) is 4.14. The number of ketones is 1. The molecule has 0 amide bonds. The lowest BCUT2D eigenvalue weighted by molar-refractivity contribution is -0.384. The van der Waals surface area contributed by atoms with E-state index < -0.39 is 10.5 Å². The molecule has 38 heavy (non-hydrogen) atoms. The average molecular weight is 544 g/mol. The molecule has 0 unspecified atom stereocenters. The van der Waals surface area contributed by atoms with E-state index in [0.717, 1.165) is 0 Å². The Morgan fingerprint density at radius 3 is 2.71 bits per heavy atom. The molecule has 0 bridgehead atoms. The van der Waals surface area contributed by atoms with E-state index in [1.54, 1.807) is 41.1 Å². The molecule has 0 saturated heterocycles. The summed E-state index contributed by atoms with van der Waals surface area (Å²) < 4.78 is 7.30. The van der Waals surface area contributed by atoms with Crippen LogP contribution in [-0.2, 0) is 5.75 Å². The molecule has 0 N–H and O–H groups in total. The molecule has 188 valence electrons. The highest BCUT2D eigenvalue weighted by Crippen LogP contribution is 2.30. The second kappa shape index (κ2) is 9.88. The summed E-state index contributed by atoms with van der Waals surface area (Å²) in [7, 11) is 0. The second-order valence-electron chi connectivity index (χ2n) is 8.42. The molecule has 3 aromatic carbocycles. The van der Waals surface area contributed by atoms with E-state index in [2.05, 4.69) is 15.3 Å². The zero-order valence-corrected chi connectivity index (χ0v) is 21.2. The van der Waals surface area contributed by atoms with E-state index in [9.17, 15) is 19.7 Å². The van der Waals surface area contributed by atoms with Gasteiger partial charge in [-0.1, -0.05) is 54.2 Å². The van der Waals surface area contributed by atoms with Crippen LogP contribution in [0.25, 0.3) is 21.7 Å². The van der Waals surface area contributed by atoms with Crippen LogP contribution in [0.3, 0.4) is 0 Å². The third kappa shape index (κ3) is 4.48. The predicted octanol–water partition coefficient (Wildman–Crippen LogP) is 4.92. The summed E-state index contributed by atoms with van der Waals surface area (Å²) in [6.45, 7) is 0. The topological polar surface area (TPSA) is 133 Å². The summed E-state index contributed by atoms with van der Waals surface area (Å²) >= 11 is 2.83. The number of nitro groups is 1. The highest BCUT2D eigenvalue weighted by atomic mass is 32.2. The predicted molar refractivity (Wildman–Crippen MR) is 146 cm³/mol. The van der Waals surface area contributed by atoms with Crippen molar-refractivity contribution < 1.29 is 14.1 Å². The van der Waals surface area contributed by atoms with Crippen molar-refractivity contribution in [3.63, 3.8) is 0 Å². The van der Waals surface area contributed by atoms with Crippen molar-refractivity contribution in [2.45, 2.75) is 10.9 Å². The minimum absolute atomic E-state index is 0.0310. The SMILES string of the molecule is O=C(CSCc1nnc2n1N=C(c1cc3ccc4cc([N+](=O)[O-])ccc4c3oc1=O)CS2)c1ccccc1. The third-order valence-corrected chi connectivity index (χ3v) is 7.88. The molecular weight excluding hydrogens is 526 g/mol. The van der Waals surface area contributed by atoms with Crippen LogP contribution >= 0.6 is 23.5 Å². The Labute approximate surface area is 222 Å². The number of carbonyl (C=O) groups excluding carboxylic acids is 1. The van der Waals surface area contributed by atoms with Gasteiger partial charge in [0, 0.05) is 34.2 Å². The quantitative estimate of drug-likeness (QED) is 0.0922. The minimum Gasteiger partial charge on any atom is -0.422 e. The van der Waals surface area contributed by atoms with Gasteiger partial charge in [-0.05, 0) is 17.5 Å². The smallest absolute Gasteiger partial charge is 0.345 e. The maximum absolute atomic E-state index is 13.0. The maximum Gasteiger partial charge on any atom is 0.345 e. The van der Waals surface area contributed by atoms with E-state index in [1.807, 2.05) is 18.2 Å². The molecule has 10 nitrogen and oxygen atoms in total. The van der Waals surface area contributed by atoms with Gasteiger partial charge in [0.15, 0.2) is 11.6 Å². The van der Waals surface area contributed by atoms with Crippen LogP contribution in [0.4, 0.5) is 5.69 Å². The molecular formula is C26H17N5O5S2. The van der Waals surface area contributed by atoms with Crippen molar-refractivity contribution in [2.75, 3.05) is 11.5 Å². The summed E-state index contributed by atoms with van der Waals surface area (Å²) in [5.41, 5.74) is 1.28. The molecule has 0 aliphatic carbocycles. The van der Waals surface area contributed by atoms with E-state index in [-0.39, 0.29) is 11.5 Å². The van der Waals surface area contributed by atoms with Gasteiger partial charge in [-0.25, -0.2) is 4.79 Å². The van der Waals surface area contributed by atoms with E-state index in [4.69, 9.17) is 4.42 Å². The minimum atomic E-state index is -0.552. The van der Waals surface area contributed by atoms with E-state index >= 15 is 0 Å². The van der Waals surface area contributed by atoms with E-state index in [0.29, 0.717) is 66.8 Å². The standard InChI is InChI=1S/C26H17N5O5S2/c32-22(15-4-2-1-3-5-15)13-37-14-23-27-28-26-30(23)29-21(12-38-26)20-11-17-7-6-16-10-18(31(34)35)8-9-19(16)24(17)36-25(20)33/h1-11H,12-14H2. The number of fused-ring (bicyclic) bond motifs is 4. The average Bonchev–Trinajstić information content (AvgIpc) is 3.34. The number of thioether (sulfide) groups is 2. The van der Waals surface area contributed by atoms with Crippen LogP contribution in [0.1, 0.15) is 21.7 Å². The van der Waals surface area contributed by atoms with Gasteiger partial charge in [-0.15, -0.1) is 22.0 Å². The molecule has 5 aromatic rings. The molecule has 2 aromatic heterocycles. The van der Waals surface area contributed by atoms with Gasteiger partial charge in [0.05, 0.1) is 27.7 Å². The van der Waals surface area contributed by atoms with Crippen molar-refractivity contribution in [1.82, 2.24) is 14.9 Å². The number of aromatic nitrogens is 3. The van der Waals surface area contributed by atoms with Crippen molar-refractivity contribution >= 4 is 62.4 Å². The Morgan fingerprint density at radius 1 is 1.08 bits per heavy atom. The molecule has 0 radical (unpaired) electrons. The Balaban J connectivity index is 1.28. The number of non-ortho nitro benzene ring substituents is 1. The van der Waals surface area contributed by atoms with Gasteiger partial charge in [0.1, 0.15) is 5.58 Å². The van der Waals surface area contributed by atoms with Crippen LogP contribution in [-0.4, -0.2) is 42.8 Å². The lowest BCUT2D eigenvalue weighted by atomic mass is 10.0. The summed E-state index contributed by atoms with van der Waals surface area (Å²) in [5, 5.41) is 26.7. The first-order chi connectivity index (χ1) is 18.5. The first kappa shape index (κ1) is 24.1. The van der Waals surface area contributed by atoms with Crippen LogP contribution in [0.15, 0.2) is 86.2 Å². The molecule has 0 fully saturated rings. The number of benzene rings is 3. The molecule has 0 spiro atoms. The number of hydrogen-bond acceptors (Lipinski definition) is 10. The summed E-state index contributed by atoms with van der Waals surface area (Å²) in [6.07, 6.45) is 0. The molecule has 0 saturated carbocycles. The maximum atomic E-state index is 13.0. The van der Waals surface area contributed by atoms with Crippen molar-refractivity contribution in [3.8, 4) is 0 Å². The largest absolute Gasteiger partial charge is 0.422 e. The van der Waals surface area contributed by atoms with Crippen LogP contribution < -0.4 is 5.63 Å². The normalized spacial score (nSPS) is 12.9. The number of Topliss-reactive ketones (excluding diaryl/α,β-unsaturated/α-hetero) is 1. The zero-order chi connectivity index (χ0) is 26.2. The summed E-state index contributed by atoms with van der Waals surface area (Å²) in [5.74, 6) is 1.74. The van der Waals surface area contributed by atoms with Crippen molar-refractivity contribution in [2.24, 2.45) is 5.10 Å². The van der Waals surface area contributed by atoms with Gasteiger partial charge in [-0.2, -0.15) is 9.78 Å². The van der Waals surface area contributed by atoms with Gasteiger partial charge >= 0.3 is 5.63 Å². The zero-order valence-electron chi connectivity index (χ0n) is 19.6. The first-order valence-corrected chi connectivity index (χ1v) is 13.6. The van der Waals surface area contributed by atoms with Crippen LogP contribution in [0.5, 0.6) is 0 Å². The molecule has 6 rings (SSSR count). The number of hydrogen-bond donors (Lipinski definition) is 0. The Morgan fingerprint density at radius 2 is 1.89 bits per heavy atom. The highest BCUT2D eigenvalue weighted by molar-refractivity contribution is 8.00. The molecule has 12 heteroatoms. The number of rotatable bonds is 7. The van der Waals surface area contributed by atoms with Gasteiger partial charge in [0.2, 0.25) is 5.16 Å². The number of carbonyl (C=O) groups is 1. The third-order valence-electron chi connectivity index (χ3n) is 6.02. The fraction of sp³-hybridized carbons (Fsp3) is 0.115. The summed E-state index contributed by atoms with van der Waals surface area (Å²) in [4.78, 5) is 36.1. The molecule has 3 heterocycles.